The zero-order chi connectivity index (χ0) is 18.7. The van der Waals surface area contributed by atoms with Gasteiger partial charge in [0.25, 0.3) is 5.91 Å². The molecule has 3 rings (SSSR count). The number of rotatable bonds is 6. The van der Waals surface area contributed by atoms with Gasteiger partial charge in [-0.1, -0.05) is 35.5 Å². The molecular formula is C21H25N3O2. The van der Waals surface area contributed by atoms with Crippen LogP contribution in [0.5, 0.6) is 0 Å². The van der Waals surface area contributed by atoms with Gasteiger partial charge in [0.15, 0.2) is 5.82 Å². The second kappa shape index (κ2) is 7.60. The van der Waals surface area contributed by atoms with Crippen molar-refractivity contribution in [3.05, 3.63) is 70.7 Å². The van der Waals surface area contributed by atoms with E-state index < -0.39 is 0 Å². The molecule has 1 amide bonds. The van der Waals surface area contributed by atoms with Crippen molar-refractivity contribution < 1.29 is 9.32 Å². The zero-order valence-corrected chi connectivity index (χ0v) is 15.7. The molecule has 3 aromatic rings. The molecule has 1 atom stereocenters. The van der Waals surface area contributed by atoms with Crippen LogP contribution in [0.15, 0.2) is 47.0 Å². The van der Waals surface area contributed by atoms with Gasteiger partial charge in [-0.15, -0.1) is 0 Å². The summed E-state index contributed by atoms with van der Waals surface area (Å²) in [6.07, 6.45) is 1.84. The highest BCUT2D eigenvalue weighted by Gasteiger charge is 2.19. The summed E-state index contributed by atoms with van der Waals surface area (Å²) in [6.45, 7) is 7.79. The maximum atomic E-state index is 12.7. The highest BCUT2D eigenvalue weighted by molar-refractivity contribution is 5.96. The minimum atomic E-state index is -0.0508. The van der Waals surface area contributed by atoms with Gasteiger partial charge in [0, 0.05) is 23.5 Å². The number of carbonyl (C=O) groups is 1. The van der Waals surface area contributed by atoms with Crippen LogP contribution in [0.4, 0.5) is 0 Å². The maximum Gasteiger partial charge on any atom is 0.253 e. The Morgan fingerprint density at radius 3 is 2.58 bits per heavy atom. The van der Waals surface area contributed by atoms with Gasteiger partial charge < -0.3 is 9.84 Å². The van der Waals surface area contributed by atoms with Crippen LogP contribution in [0.2, 0.25) is 0 Å². The first kappa shape index (κ1) is 18.0. The summed E-state index contributed by atoms with van der Waals surface area (Å²) in [6, 6.07) is 14.2. The topological polar surface area (TPSA) is 60.1 Å². The van der Waals surface area contributed by atoms with Gasteiger partial charge in [-0.05, 0) is 52.2 Å². The standard InChI is InChI=1S/C21H25N3O2/c1-14(10-11-18-8-6-5-7-9-18)22-21(25)19-12-15(2)24(17(19)4)20-13-16(3)26-23-20/h5-9,12-14H,10-11H2,1-4H3,(H,22,25)/t14-/m1/s1. The van der Waals surface area contributed by atoms with E-state index >= 15 is 0 Å². The molecule has 0 aliphatic rings. The molecule has 5 heteroatoms. The molecule has 136 valence electrons. The lowest BCUT2D eigenvalue weighted by molar-refractivity contribution is 0.0938. The van der Waals surface area contributed by atoms with Crippen LogP contribution in [-0.2, 0) is 6.42 Å². The molecular weight excluding hydrogens is 326 g/mol. The van der Waals surface area contributed by atoms with Crippen LogP contribution in [0.1, 0.15) is 46.4 Å². The molecule has 1 aromatic carbocycles. The molecule has 2 aromatic heterocycles. The Morgan fingerprint density at radius 2 is 1.92 bits per heavy atom. The van der Waals surface area contributed by atoms with Crippen molar-refractivity contribution in [3.8, 4) is 5.82 Å². The van der Waals surface area contributed by atoms with Gasteiger partial charge in [-0.2, -0.15) is 0 Å². The molecule has 0 saturated heterocycles. The quantitative estimate of drug-likeness (QED) is 0.726. The lowest BCUT2D eigenvalue weighted by atomic mass is 10.1. The van der Waals surface area contributed by atoms with Gasteiger partial charge in [-0.3, -0.25) is 9.36 Å². The molecule has 0 saturated carbocycles. The average Bonchev–Trinajstić information content (AvgIpc) is 3.16. The first-order valence-corrected chi connectivity index (χ1v) is 8.93. The lowest BCUT2D eigenvalue weighted by Crippen LogP contribution is -2.33. The highest BCUT2D eigenvalue weighted by atomic mass is 16.5. The van der Waals surface area contributed by atoms with Gasteiger partial charge in [-0.25, -0.2) is 0 Å². The van der Waals surface area contributed by atoms with Crippen LogP contribution in [0.3, 0.4) is 0 Å². The number of aromatic nitrogens is 2. The predicted molar refractivity (Wildman–Crippen MR) is 102 cm³/mol. The van der Waals surface area contributed by atoms with Crippen molar-refractivity contribution >= 4 is 5.91 Å². The minimum Gasteiger partial charge on any atom is -0.360 e. The molecule has 0 fully saturated rings. The van der Waals surface area contributed by atoms with E-state index in [9.17, 15) is 4.79 Å². The Balaban J connectivity index is 1.68. The molecule has 0 spiro atoms. The first-order chi connectivity index (χ1) is 12.5. The van der Waals surface area contributed by atoms with Crippen molar-refractivity contribution in [1.29, 1.82) is 0 Å². The summed E-state index contributed by atoms with van der Waals surface area (Å²) >= 11 is 0. The predicted octanol–water partition coefficient (Wildman–Crippen LogP) is 4.14. The zero-order valence-electron chi connectivity index (χ0n) is 15.7. The lowest BCUT2D eigenvalue weighted by Gasteiger charge is -2.14. The average molecular weight is 351 g/mol. The van der Waals surface area contributed by atoms with E-state index in [0.29, 0.717) is 11.4 Å². The third-order valence-corrected chi connectivity index (χ3v) is 4.61. The smallest absolute Gasteiger partial charge is 0.253 e. The molecule has 0 unspecified atom stereocenters. The minimum absolute atomic E-state index is 0.0508. The van der Waals surface area contributed by atoms with Gasteiger partial charge in [0.1, 0.15) is 5.76 Å². The molecule has 1 N–H and O–H groups in total. The van der Waals surface area contributed by atoms with Gasteiger partial charge >= 0.3 is 0 Å². The molecule has 0 radical (unpaired) electrons. The Hall–Kier alpha value is -2.82. The highest BCUT2D eigenvalue weighted by Crippen LogP contribution is 2.21. The van der Waals surface area contributed by atoms with Crippen LogP contribution in [0.25, 0.3) is 5.82 Å². The fraction of sp³-hybridized carbons (Fsp3) is 0.333. The van der Waals surface area contributed by atoms with E-state index in [4.69, 9.17) is 4.52 Å². The second-order valence-corrected chi connectivity index (χ2v) is 6.81. The Labute approximate surface area is 154 Å². The molecule has 26 heavy (non-hydrogen) atoms. The van der Waals surface area contributed by atoms with Crippen molar-refractivity contribution in [2.45, 2.75) is 46.6 Å². The largest absolute Gasteiger partial charge is 0.360 e. The van der Waals surface area contributed by atoms with Crippen LogP contribution < -0.4 is 5.32 Å². The molecule has 5 nitrogen and oxygen atoms in total. The van der Waals surface area contributed by atoms with E-state index in [-0.39, 0.29) is 11.9 Å². The summed E-state index contributed by atoms with van der Waals surface area (Å²) in [4.78, 5) is 12.7. The second-order valence-electron chi connectivity index (χ2n) is 6.81. The van der Waals surface area contributed by atoms with Crippen molar-refractivity contribution in [2.24, 2.45) is 0 Å². The summed E-state index contributed by atoms with van der Waals surface area (Å²) in [5.41, 5.74) is 3.78. The fourth-order valence-corrected chi connectivity index (χ4v) is 3.21. The summed E-state index contributed by atoms with van der Waals surface area (Å²) in [5.74, 6) is 1.40. The number of nitrogens with one attached hydrogen (secondary N) is 1. The third-order valence-electron chi connectivity index (χ3n) is 4.61. The molecule has 2 heterocycles. The number of benzene rings is 1. The maximum absolute atomic E-state index is 12.7. The van der Waals surface area contributed by atoms with Crippen LogP contribution >= 0.6 is 0 Å². The monoisotopic (exact) mass is 351 g/mol. The van der Waals surface area contributed by atoms with E-state index in [1.165, 1.54) is 5.56 Å². The summed E-state index contributed by atoms with van der Waals surface area (Å²) in [5, 5.41) is 7.17. The number of amides is 1. The molecule has 0 aliphatic carbocycles. The van der Waals surface area contributed by atoms with E-state index in [0.717, 1.165) is 30.0 Å². The number of hydrogen-bond donors (Lipinski definition) is 1. The number of carbonyl (C=O) groups excluding carboxylic acids is 1. The third kappa shape index (κ3) is 3.87. The molecule has 0 bridgehead atoms. The fourth-order valence-electron chi connectivity index (χ4n) is 3.21. The molecule has 0 aliphatic heterocycles. The van der Waals surface area contributed by atoms with Gasteiger partial charge in [0.2, 0.25) is 0 Å². The first-order valence-electron chi connectivity index (χ1n) is 8.93. The summed E-state index contributed by atoms with van der Waals surface area (Å²) < 4.78 is 7.11. The van der Waals surface area contributed by atoms with Crippen molar-refractivity contribution in [2.75, 3.05) is 0 Å². The summed E-state index contributed by atoms with van der Waals surface area (Å²) in [7, 11) is 0. The number of aryl methyl sites for hydroxylation is 3. The van der Waals surface area contributed by atoms with E-state index in [1.54, 1.807) is 0 Å². The van der Waals surface area contributed by atoms with Crippen LogP contribution in [-0.4, -0.2) is 21.7 Å². The van der Waals surface area contributed by atoms with Crippen LogP contribution in [0, 0.1) is 20.8 Å². The normalized spacial score (nSPS) is 12.2. The Kier molecular flexibility index (Phi) is 5.26. The van der Waals surface area contributed by atoms with Crippen molar-refractivity contribution in [3.63, 3.8) is 0 Å². The Morgan fingerprint density at radius 1 is 1.19 bits per heavy atom. The van der Waals surface area contributed by atoms with Gasteiger partial charge in [0.05, 0.1) is 5.56 Å². The number of hydrogen-bond acceptors (Lipinski definition) is 3. The van der Waals surface area contributed by atoms with Crippen molar-refractivity contribution in [1.82, 2.24) is 15.0 Å². The van der Waals surface area contributed by atoms with E-state index in [2.05, 4.69) is 22.6 Å². The number of nitrogens with zero attached hydrogens (tertiary/aromatic N) is 2. The Bertz CT molecular complexity index is 893. The van der Waals surface area contributed by atoms with E-state index in [1.807, 2.05) is 62.6 Å². The SMILES string of the molecule is Cc1cc(-n2c(C)cc(C(=O)N[C@H](C)CCc3ccccc3)c2C)no1.